The monoisotopic (exact) mass is 349 g/mol. The average Bonchev–Trinajstić information content (AvgIpc) is 3.36. The average molecular weight is 349 g/mol. The van der Waals surface area contributed by atoms with E-state index in [4.69, 9.17) is 4.74 Å². The van der Waals surface area contributed by atoms with Crippen LogP contribution in [0.2, 0.25) is 0 Å². The van der Waals surface area contributed by atoms with Crippen LogP contribution in [-0.2, 0) is 19.4 Å². The number of hydrogen-bond donors (Lipinski definition) is 1. The normalized spacial score (nSPS) is 12.7. The van der Waals surface area contributed by atoms with Crippen LogP contribution < -0.4 is 10.1 Å². The highest BCUT2D eigenvalue weighted by molar-refractivity contribution is 5.94. The van der Waals surface area contributed by atoms with E-state index < -0.39 is 0 Å². The fourth-order valence-electron chi connectivity index (χ4n) is 3.28. The molecule has 0 spiro atoms. The van der Waals surface area contributed by atoms with E-state index in [0.717, 1.165) is 24.2 Å². The summed E-state index contributed by atoms with van der Waals surface area (Å²) >= 11 is 0. The summed E-state index contributed by atoms with van der Waals surface area (Å²) in [6.07, 6.45) is 8.05. The first-order valence-corrected chi connectivity index (χ1v) is 8.52. The molecule has 0 bridgehead atoms. The zero-order valence-corrected chi connectivity index (χ0v) is 14.5. The molecule has 0 saturated heterocycles. The van der Waals surface area contributed by atoms with Crippen molar-refractivity contribution in [2.75, 3.05) is 7.11 Å². The van der Waals surface area contributed by atoms with Crippen molar-refractivity contribution < 1.29 is 9.53 Å². The third-order valence-corrected chi connectivity index (χ3v) is 4.63. The van der Waals surface area contributed by atoms with Gasteiger partial charge in [-0.25, -0.2) is 4.98 Å². The molecule has 0 radical (unpaired) electrons. The SMILES string of the molecule is COc1cc2c(cc1CNC(=O)c1ccnc(-n3cnnc3)c1)CCC2. The molecule has 3 aromatic rings. The number of benzene rings is 1. The number of rotatable bonds is 5. The lowest BCUT2D eigenvalue weighted by atomic mass is 10.0. The molecule has 0 saturated carbocycles. The minimum Gasteiger partial charge on any atom is -0.496 e. The predicted octanol–water partition coefficient (Wildman–Crippen LogP) is 2.09. The smallest absolute Gasteiger partial charge is 0.251 e. The lowest BCUT2D eigenvalue weighted by molar-refractivity contribution is 0.0950. The number of nitrogens with one attached hydrogen (secondary N) is 1. The summed E-state index contributed by atoms with van der Waals surface area (Å²) in [6, 6.07) is 7.64. The third kappa shape index (κ3) is 3.15. The Kier molecular flexibility index (Phi) is 4.35. The quantitative estimate of drug-likeness (QED) is 0.763. The second-order valence-corrected chi connectivity index (χ2v) is 6.24. The Labute approximate surface area is 151 Å². The van der Waals surface area contributed by atoms with Crippen molar-refractivity contribution in [1.29, 1.82) is 0 Å². The van der Waals surface area contributed by atoms with Crippen molar-refractivity contribution >= 4 is 5.91 Å². The number of nitrogens with zero attached hydrogens (tertiary/aromatic N) is 4. The van der Waals surface area contributed by atoms with Crippen molar-refractivity contribution in [2.24, 2.45) is 0 Å². The summed E-state index contributed by atoms with van der Waals surface area (Å²) in [5, 5.41) is 10.5. The van der Waals surface area contributed by atoms with E-state index in [2.05, 4.69) is 32.6 Å². The number of fused-ring (bicyclic) bond motifs is 1. The number of aromatic nitrogens is 4. The van der Waals surface area contributed by atoms with Crippen LogP contribution in [0.5, 0.6) is 5.75 Å². The molecule has 1 N–H and O–H groups in total. The van der Waals surface area contributed by atoms with Gasteiger partial charge in [-0.05, 0) is 48.6 Å². The van der Waals surface area contributed by atoms with Gasteiger partial charge in [0, 0.05) is 23.9 Å². The largest absolute Gasteiger partial charge is 0.496 e. The van der Waals surface area contributed by atoms with Crippen molar-refractivity contribution in [1.82, 2.24) is 25.1 Å². The Hall–Kier alpha value is -3.22. The minimum atomic E-state index is -0.163. The van der Waals surface area contributed by atoms with E-state index in [1.165, 1.54) is 17.5 Å². The Morgan fingerprint density at radius 1 is 1.19 bits per heavy atom. The summed E-state index contributed by atoms with van der Waals surface area (Å²) in [7, 11) is 1.66. The van der Waals surface area contributed by atoms with Gasteiger partial charge < -0.3 is 10.1 Å². The first-order chi connectivity index (χ1) is 12.7. The van der Waals surface area contributed by atoms with Gasteiger partial charge in [-0.1, -0.05) is 6.07 Å². The molecular weight excluding hydrogens is 330 g/mol. The fraction of sp³-hybridized carbons (Fsp3) is 0.263. The number of hydrogen-bond acceptors (Lipinski definition) is 5. The molecule has 132 valence electrons. The van der Waals surface area contributed by atoms with Crippen LogP contribution >= 0.6 is 0 Å². The molecule has 1 aliphatic rings. The molecule has 0 fully saturated rings. The van der Waals surface area contributed by atoms with Gasteiger partial charge in [0.25, 0.3) is 5.91 Å². The lowest BCUT2D eigenvalue weighted by Crippen LogP contribution is -2.23. The molecule has 4 rings (SSSR count). The second-order valence-electron chi connectivity index (χ2n) is 6.24. The molecule has 1 aliphatic carbocycles. The Morgan fingerprint density at radius 2 is 1.96 bits per heavy atom. The first-order valence-electron chi connectivity index (χ1n) is 8.52. The predicted molar refractivity (Wildman–Crippen MR) is 95.3 cm³/mol. The van der Waals surface area contributed by atoms with E-state index in [1.54, 1.807) is 42.7 Å². The molecule has 26 heavy (non-hydrogen) atoms. The summed E-state index contributed by atoms with van der Waals surface area (Å²) < 4.78 is 7.15. The van der Waals surface area contributed by atoms with E-state index in [0.29, 0.717) is 17.9 Å². The van der Waals surface area contributed by atoms with Crippen molar-refractivity contribution in [3.05, 3.63) is 65.4 Å². The van der Waals surface area contributed by atoms with Crippen LogP contribution in [0.15, 0.2) is 43.1 Å². The van der Waals surface area contributed by atoms with Crippen LogP contribution in [0, 0.1) is 0 Å². The molecule has 2 aromatic heterocycles. The van der Waals surface area contributed by atoms with Crippen LogP contribution in [0.1, 0.15) is 33.5 Å². The second kappa shape index (κ2) is 6.95. The van der Waals surface area contributed by atoms with Gasteiger partial charge in [0.05, 0.1) is 7.11 Å². The molecular formula is C19H19N5O2. The van der Waals surface area contributed by atoms with Crippen molar-refractivity contribution in [3.8, 4) is 11.6 Å². The topological polar surface area (TPSA) is 81.9 Å². The summed E-state index contributed by atoms with van der Waals surface area (Å²) in [5.41, 5.74) is 4.23. The van der Waals surface area contributed by atoms with E-state index >= 15 is 0 Å². The maximum atomic E-state index is 12.6. The lowest BCUT2D eigenvalue weighted by Gasteiger charge is -2.13. The standard InChI is InChI=1S/C19H19N5O2/c1-26-17-8-14-4-2-3-13(14)7-16(17)10-21-19(25)15-5-6-20-18(9-15)24-11-22-23-12-24/h5-9,11-12H,2-4,10H2,1H3,(H,21,25). The van der Waals surface area contributed by atoms with E-state index in [9.17, 15) is 4.79 Å². The van der Waals surface area contributed by atoms with Crippen LogP contribution in [0.25, 0.3) is 5.82 Å². The minimum absolute atomic E-state index is 0.163. The highest BCUT2D eigenvalue weighted by Crippen LogP contribution is 2.29. The van der Waals surface area contributed by atoms with Crippen molar-refractivity contribution in [3.63, 3.8) is 0 Å². The zero-order valence-electron chi connectivity index (χ0n) is 14.5. The Morgan fingerprint density at radius 3 is 2.73 bits per heavy atom. The van der Waals surface area contributed by atoms with Gasteiger partial charge in [0.15, 0.2) is 0 Å². The third-order valence-electron chi connectivity index (χ3n) is 4.63. The van der Waals surface area contributed by atoms with Crippen LogP contribution in [0.3, 0.4) is 0 Å². The number of carbonyl (C=O) groups excluding carboxylic acids is 1. The summed E-state index contributed by atoms with van der Waals surface area (Å²) in [5.74, 6) is 1.26. The van der Waals surface area contributed by atoms with Crippen molar-refractivity contribution in [2.45, 2.75) is 25.8 Å². The van der Waals surface area contributed by atoms with Gasteiger partial charge in [-0.15, -0.1) is 10.2 Å². The van der Waals surface area contributed by atoms with Gasteiger partial charge in [0.1, 0.15) is 24.2 Å². The van der Waals surface area contributed by atoms with Crippen LogP contribution in [0.4, 0.5) is 0 Å². The number of aryl methyl sites for hydroxylation is 2. The molecule has 7 heteroatoms. The van der Waals surface area contributed by atoms with E-state index in [-0.39, 0.29) is 5.91 Å². The van der Waals surface area contributed by atoms with Gasteiger partial charge in [-0.3, -0.25) is 9.36 Å². The first kappa shape index (κ1) is 16.3. The number of amides is 1. The zero-order chi connectivity index (χ0) is 17.9. The van der Waals surface area contributed by atoms with Gasteiger partial charge >= 0.3 is 0 Å². The molecule has 2 heterocycles. The fourth-order valence-corrected chi connectivity index (χ4v) is 3.28. The molecule has 0 aliphatic heterocycles. The highest BCUT2D eigenvalue weighted by atomic mass is 16.5. The number of carbonyl (C=O) groups is 1. The maximum Gasteiger partial charge on any atom is 0.251 e. The highest BCUT2D eigenvalue weighted by Gasteiger charge is 2.16. The van der Waals surface area contributed by atoms with Crippen LogP contribution in [-0.4, -0.2) is 32.8 Å². The molecule has 7 nitrogen and oxygen atoms in total. The number of pyridine rings is 1. The van der Waals surface area contributed by atoms with Gasteiger partial charge in [-0.2, -0.15) is 0 Å². The summed E-state index contributed by atoms with van der Waals surface area (Å²) in [4.78, 5) is 16.8. The maximum absolute atomic E-state index is 12.6. The Balaban J connectivity index is 1.50. The molecule has 0 unspecified atom stereocenters. The number of ether oxygens (including phenoxy) is 1. The van der Waals surface area contributed by atoms with Gasteiger partial charge in [0.2, 0.25) is 0 Å². The molecule has 1 aromatic carbocycles. The number of methoxy groups -OCH3 is 1. The van der Waals surface area contributed by atoms with E-state index in [1.807, 2.05) is 0 Å². The molecule has 0 atom stereocenters. The Bertz CT molecular complexity index is 937. The summed E-state index contributed by atoms with van der Waals surface area (Å²) in [6.45, 7) is 0.416. The molecule has 1 amide bonds.